The summed E-state index contributed by atoms with van der Waals surface area (Å²) in [5.74, 6) is -0.300. The van der Waals surface area contributed by atoms with E-state index in [2.05, 4.69) is 15.5 Å². The standard InChI is InChI=1S/C20H22ClN3O3/c1-14(25)22-13-15-5-7-16(8-6-15)20(26)23-18-4-2-3-17(21)19(18)24-9-11-27-12-10-24/h2-8H,9-13H2,1H3,(H,22,25)(H,23,26). The SMILES string of the molecule is CC(=O)NCc1ccc(C(=O)Nc2cccc(Cl)c2N2CCOCC2)cc1. The lowest BCUT2D eigenvalue weighted by molar-refractivity contribution is -0.119. The van der Waals surface area contributed by atoms with Crippen LogP contribution >= 0.6 is 11.6 Å². The van der Waals surface area contributed by atoms with Crippen LogP contribution in [0, 0.1) is 0 Å². The summed E-state index contributed by atoms with van der Waals surface area (Å²) in [6.07, 6.45) is 0. The van der Waals surface area contributed by atoms with E-state index in [-0.39, 0.29) is 11.8 Å². The van der Waals surface area contributed by atoms with E-state index < -0.39 is 0 Å². The molecule has 0 bridgehead atoms. The molecule has 1 fully saturated rings. The Labute approximate surface area is 163 Å². The van der Waals surface area contributed by atoms with Crippen molar-refractivity contribution in [3.63, 3.8) is 0 Å². The molecule has 0 aromatic heterocycles. The molecule has 2 aromatic rings. The molecule has 2 amide bonds. The van der Waals surface area contributed by atoms with Crippen LogP contribution in [0.5, 0.6) is 0 Å². The van der Waals surface area contributed by atoms with Gasteiger partial charge in [0.05, 0.1) is 29.6 Å². The Hall–Kier alpha value is -2.57. The maximum atomic E-state index is 12.7. The number of ether oxygens (including phenoxy) is 1. The molecule has 6 nitrogen and oxygen atoms in total. The highest BCUT2D eigenvalue weighted by molar-refractivity contribution is 6.34. The topological polar surface area (TPSA) is 70.7 Å². The Kier molecular flexibility index (Phi) is 6.32. The molecule has 142 valence electrons. The summed E-state index contributed by atoms with van der Waals surface area (Å²) in [4.78, 5) is 25.8. The number of nitrogens with one attached hydrogen (secondary N) is 2. The Bertz CT molecular complexity index is 818. The molecule has 2 N–H and O–H groups in total. The molecule has 27 heavy (non-hydrogen) atoms. The fourth-order valence-electron chi connectivity index (χ4n) is 2.92. The van der Waals surface area contributed by atoms with Gasteiger partial charge in [0.1, 0.15) is 0 Å². The van der Waals surface area contributed by atoms with E-state index in [4.69, 9.17) is 16.3 Å². The van der Waals surface area contributed by atoms with E-state index in [0.29, 0.717) is 36.0 Å². The van der Waals surface area contributed by atoms with Crippen LogP contribution in [0.25, 0.3) is 0 Å². The Morgan fingerprint density at radius 3 is 2.48 bits per heavy atom. The number of morpholine rings is 1. The van der Waals surface area contributed by atoms with Crippen molar-refractivity contribution in [2.24, 2.45) is 0 Å². The van der Waals surface area contributed by atoms with Crippen LogP contribution in [-0.2, 0) is 16.1 Å². The minimum absolute atomic E-state index is 0.0894. The lowest BCUT2D eigenvalue weighted by atomic mass is 10.1. The highest BCUT2D eigenvalue weighted by Gasteiger charge is 2.19. The number of carbonyl (C=O) groups excluding carboxylic acids is 2. The van der Waals surface area contributed by atoms with Crippen molar-refractivity contribution in [3.05, 3.63) is 58.6 Å². The minimum Gasteiger partial charge on any atom is -0.378 e. The first-order valence-electron chi connectivity index (χ1n) is 8.80. The van der Waals surface area contributed by atoms with E-state index in [9.17, 15) is 9.59 Å². The van der Waals surface area contributed by atoms with Gasteiger partial charge in [-0.25, -0.2) is 0 Å². The molecule has 0 radical (unpaired) electrons. The van der Waals surface area contributed by atoms with Gasteiger partial charge in [0.25, 0.3) is 5.91 Å². The molecule has 1 saturated heterocycles. The highest BCUT2D eigenvalue weighted by Crippen LogP contribution is 2.34. The van der Waals surface area contributed by atoms with Gasteiger partial charge in [0, 0.05) is 32.1 Å². The van der Waals surface area contributed by atoms with Crippen molar-refractivity contribution in [1.82, 2.24) is 5.32 Å². The van der Waals surface area contributed by atoms with Crippen LogP contribution in [0.1, 0.15) is 22.8 Å². The molecule has 7 heteroatoms. The Morgan fingerprint density at radius 2 is 1.81 bits per heavy atom. The van der Waals surface area contributed by atoms with Gasteiger partial charge in [-0.1, -0.05) is 29.8 Å². The average molecular weight is 388 g/mol. The van der Waals surface area contributed by atoms with Crippen LogP contribution in [0.4, 0.5) is 11.4 Å². The zero-order valence-corrected chi connectivity index (χ0v) is 15.9. The number of benzene rings is 2. The van der Waals surface area contributed by atoms with Gasteiger partial charge in [-0.3, -0.25) is 9.59 Å². The first-order chi connectivity index (χ1) is 13.0. The number of nitrogens with zero attached hydrogens (tertiary/aromatic N) is 1. The van der Waals surface area contributed by atoms with Crippen LogP contribution < -0.4 is 15.5 Å². The monoisotopic (exact) mass is 387 g/mol. The molecule has 2 aromatic carbocycles. The molecular weight excluding hydrogens is 366 g/mol. The largest absolute Gasteiger partial charge is 0.378 e. The molecule has 0 unspecified atom stereocenters. The van der Waals surface area contributed by atoms with Gasteiger partial charge in [-0.05, 0) is 29.8 Å². The number of anilines is 2. The first kappa shape index (κ1) is 19.2. The Morgan fingerprint density at radius 1 is 1.11 bits per heavy atom. The summed E-state index contributed by atoms with van der Waals surface area (Å²) in [6, 6.07) is 12.6. The number of hydrogen-bond acceptors (Lipinski definition) is 4. The van der Waals surface area contributed by atoms with Crippen molar-refractivity contribution in [2.45, 2.75) is 13.5 Å². The van der Waals surface area contributed by atoms with E-state index in [0.717, 1.165) is 24.3 Å². The van der Waals surface area contributed by atoms with Gasteiger partial charge < -0.3 is 20.3 Å². The highest BCUT2D eigenvalue weighted by atomic mass is 35.5. The number of halogens is 1. The maximum Gasteiger partial charge on any atom is 0.255 e. The second-order valence-electron chi connectivity index (χ2n) is 6.30. The fraction of sp³-hybridized carbons (Fsp3) is 0.300. The van der Waals surface area contributed by atoms with Crippen LogP contribution in [-0.4, -0.2) is 38.1 Å². The summed E-state index contributed by atoms with van der Waals surface area (Å²) in [5.41, 5.74) is 2.96. The third-order valence-corrected chi connectivity index (χ3v) is 4.62. The quantitative estimate of drug-likeness (QED) is 0.827. The van der Waals surface area contributed by atoms with Crippen molar-refractivity contribution in [2.75, 3.05) is 36.5 Å². The predicted octanol–water partition coefficient (Wildman–Crippen LogP) is 3.07. The predicted molar refractivity (Wildman–Crippen MR) is 106 cm³/mol. The molecule has 0 aliphatic carbocycles. The lowest BCUT2D eigenvalue weighted by Crippen LogP contribution is -2.37. The molecule has 0 saturated carbocycles. The average Bonchev–Trinajstić information content (AvgIpc) is 2.67. The van der Waals surface area contributed by atoms with E-state index in [1.165, 1.54) is 6.92 Å². The number of rotatable bonds is 5. The lowest BCUT2D eigenvalue weighted by Gasteiger charge is -2.31. The molecule has 0 atom stereocenters. The maximum absolute atomic E-state index is 12.7. The molecular formula is C20H22ClN3O3. The van der Waals surface area contributed by atoms with Crippen molar-refractivity contribution < 1.29 is 14.3 Å². The van der Waals surface area contributed by atoms with E-state index >= 15 is 0 Å². The normalized spacial score (nSPS) is 13.9. The number of carbonyl (C=O) groups is 2. The van der Waals surface area contributed by atoms with Crippen molar-refractivity contribution in [1.29, 1.82) is 0 Å². The number of para-hydroxylation sites is 1. The van der Waals surface area contributed by atoms with Crippen molar-refractivity contribution in [3.8, 4) is 0 Å². The first-order valence-corrected chi connectivity index (χ1v) is 9.18. The van der Waals surface area contributed by atoms with Crippen molar-refractivity contribution >= 4 is 34.8 Å². The molecule has 0 spiro atoms. The fourth-order valence-corrected chi connectivity index (χ4v) is 3.21. The minimum atomic E-state index is -0.210. The van der Waals surface area contributed by atoms with Crippen LogP contribution in [0.3, 0.4) is 0 Å². The van der Waals surface area contributed by atoms with Gasteiger partial charge in [-0.15, -0.1) is 0 Å². The second kappa shape index (κ2) is 8.88. The second-order valence-corrected chi connectivity index (χ2v) is 6.70. The summed E-state index contributed by atoms with van der Waals surface area (Å²) < 4.78 is 5.40. The summed E-state index contributed by atoms with van der Waals surface area (Å²) >= 11 is 6.41. The van der Waals surface area contributed by atoms with E-state index in [1.54, 1.807) is 12.1 Å². The van der Waals surface area contributed by atoms with Crippen LogP contribution in [0.2, 0.25) is 5.02 Å². The smallest absolute Gasteiger partial charge is 0.255 e. The zero-order chi connectivity index (χ0) is 19.2. The van der Waals surface area contributed by atoms with Gasteiger partial charge in [0.2, 0.25) is 5.91 Å². The molecule has 1 aliphatic rings. The third-order valence-electron chi connectivity index (χ3n) is 4.32. The summed E-state index contributed by atoms with van der Waals surface area (Å²) in [7, 11) is 0. The third kappa shape index (κ3) is 4.99. The molecule has 1 heterocycles. The van der Waals surface area contributed by atoms with Crippen LogP contribution in [0.15, 0.2) is 42.5 Å². The summed E-state index contributed by atoms with van der Waals surface area (Å²) in [5, 5.41) is 6.29. The van der Waals surface area contributed by atoms with Gasteiger partial charge >= 0.3 is 0 Å². The van der Waals surface area contributed by atoms with Gasteiger partial charge in [-0.2, -0.15) is 0 Å². The number of hydrogen-bond donors (Lipinski definition) is 2. The molecule has 1 aliphatic heterocycles. The zero-order valence-electron chi connectivity index (χ0n) is 15.1. The Balaban J connectivity index is 1.74. The number of amides is 2. The van der Waals surface area contributed by atoms with Gasteiger partial charge in [0.15, 0.2) is 0 Å². The summed E-state index contributed by atoms with van der Waals surface area (Å²) in [6.45, 7) is 4.63. The molecule has 3 rings (SSSR count). The van der Waals surface area contributed by atoms with E-state index in [1.807, 2.05) is 30.3 Å².